The van der Waals surface area contributed by atoms with Crippen molar-refractivity contribution in [2.75, 3.05) is 41.3 Å². The number of carbonyl (C=O) groups excluding carboxylic acids is 3. The van der Waals surface area contributed by atoms with E-state index in [1.165, 1.54) is 4.90 Å². The summed E-state index contributed by atoms with van der Waals surface area (Å²) in [6.45, 7) is 5.93. The third kappa shape index (κ3) is 8.32. The Morgan fingerprint density at radius 3 is 2.33 bits per heavy atom. The zero-order chi connectivity index (χ0) is 28.7. The highest BCUT2D eigenvalue weighted by molar-refractivity contribution is 5.97. The number of hydrogen-bond donors (Lipinski definition) is 1. The van der Waals surface area contributed by atoms with Crippen molar-refractivity contribution < 1.29 is 23.9 Å². The molecule has 9 heteroatoms. The van der Waals surface area contributed by atoms with Gasteiger partial charge < -0.3 is 24.6 Å². The summed E-state index contributed by atoms with van der Waals surface area (Å²) >= 11 is 0. The molecule has 0 aliphatic rings. The van der Waals surface area contributed by atoms with E-state index in [0.29, 0.717) is 5.75 Å². The lowest BCUT2D eigenvalue weighted by Crippen LogP contribution is -2.51. The van der Waals surface area contributed by atoms with Crippen LogP contribution in [0.1, 0.15) is 36.7 Å². The third-order valence-electron chi connectivity index (χ3n) is 6.21. The summed E-state index contributed by atoms with van der Waals surface area (Å²) in [5.74, 6) is 0.0694. The molecule has 9 nitrogen and oxygen atoms in total. The van der Waals surface area contributed by atoms with Crippen LogP contribution in [0.15, 0.2) is 54.7 Å². The van der Waals surface area contributed by atoms with Crippen LogP contribution < -0.4 is 10.1 Å². The monoisotopic (exact) mass is 536 g/mol. The highest BCUT2D eigenvalue weighted by Crippen LogP contribution is 2.27. The summed E-state index contributed by atoms with van der Waals surface area (Å²) in [7, 11) is 7.18. The third-order valence-corrected chi connectivity index (χ3v) is 6.21. The molecule has 3 aromatic rings. The molecule has 0 fully saturated rings. The Morgan fingerprint density at radius 1 is 1.03 bits per heavy atom. The molecule has 210 valence electrons. The van der Waals surface area contributed by atoms with Crippen molar-refractivity contribution in [2.24, 2.45) is 0 Å². The molecular formula is C30H40N4O5. The van der Waals surface area contributed by atoms with Crippen LogP contribution in [0.5, 0.6) is 5.75 Å². The summed E-state index contributed by atoms with van der Waals surface area (Å²) in [5.41, 5.74) is 1.94. The fraction of sp³-hybridized carbons (Fsp3) is 0.433. The van der Waals surface area contributed by atoms with E-state index < -0.39 is 17.7 Å². The smallest absolute Gasteiger partial charge is 0.408 e. The minimum absolute atomic E-state index is 0.164. The molecule has 2 aromatic carbocycles. The number of benzene rings is 2. The van der Waals surface area contributed by atoms with E-state index in [9.17, 15) is 14.4 Å². The predicted octanol–water partition coefficient (Wildman–Crippen LogP) is 3.99. The highest BCUT2D eigenvalue weighted by atomic mass is 16.6. The van der Waals surface area contributed by atoms with Crippen molar-refractivity contribution in [1.82, 2.24) is 19.7 Å². The fourth-order valence-electron chi connectivity index (χ4n) is 4.28. The molecule has 3 rings (SSSR count). The van der Waals surface area contributed by atoms with Crippen molar-refractivity contribution in [2.45, 2.75) is 45.3 Å². The normalized spacial score (nSPS) is 12.3. The van der Waals surface area contributed by atoms with Gasteiger partial charge in [-0.1, -0.05) is 30.3 Å². The standard InChI is InChI=1S/C30H40N4O5/c1-30(2,3)39-29(37)31-25(17-21-11-9-8-10-12-21)28(36)33(6)20-27(35)34-19-22(15-16-32(4)5)24-18-23(38-7)13-14-26(24)34/h8-14,18-19,25H,15-17,20H2,1-7H3,(H,31,37). The SMILES string of the molecule is COc1ccc2c(c1)c(CCN(C)C)cn2C(=O)CN(C)C(=O)C(Cc1ccccc1)NC(=O)OC(C)(C)C. The van der Waals surface area contributed by atoms with Gasteiger partial charge in [0, 0.05) is 31.6 Å². The summed E-state index contributed by atoms with van der Waals surface area (Å²) in [6, 6.07) is 14.1. The highest BCUT2D eigenvalue weighted by Gasteiger charge is 2.28. The van der Waals surface area contributed by atoms with Gasteiger partial charge >= 0.3 is 6.09 Å². The largest absolute Gasteiger partial charge is 0.497 e. The molecular weight excluding hydrogens is 496 g/mol. The lowest BCUT2D eigenvalue weighted by atomic mass is 10.0. The maximum Gasteiger partial charge on any atom is 0.408 e. The maximum absolute atomic E-state index is 13.5. The van der Waals surface area contributed by atoms with Gasteiger partial charge in [-0.15, -0.1) is 0 Å². The van der Waals surface area contributed by atoms with Crippen LogP contribution >= 0.6 is 0 Å². The number of ether oxygens (including phenoxy) is 2. The van der Waals surface area contributed by atoms with Crippen LogP contribution in [0.4, 0.5) is 4.79 Å². The van der Waals surface area contributed by atoms with Gasteiger partial charge in [-0.2, -0.15) is 0 Å². The van der Waals surface area contributed by atoms with Crippen molar-refractivity contribution in [3.63, 3.8) is 0 Å². The van der Waals surface area contributed by atoms with Crippen LogP contribution in [0.3, 0.4) is 0 Å². The first-order chi connectivity index (χ1) is 18.4. The molecule has 0 saturated carbocycles. The Bertz CT molecular complexity index is 1290. The fourth-order valence-corrected chi connectivity index (χ4v) is 4.28. The van der Waals surface area contributed by atoms with Crippen molar-refractivity contribution in [3.05, 3.63) is 65.9 Å². The summed E-state index contributed by atoms with van der Waals surface area (Å²) in [6.07, 6.45) is 2.17. The molecule has 1 atom stereocenters. The number of likely N-dealkylation sites (N-methyl/N-ethyl adjacent to an activating group) is 2. The van der Waals surface area contributed by atoms with Crippen LogP contribution in [-0.4, -0.2) is 85.3 Å². The van der Waals surface area contributed by atoms with E-state index >= 15 is 0 Å². The Morgan fingerprint density at radius 2 is 1.72 bits per heavy atom. The topological polar surface area (TPSA) is 93.1 Å². The lowest BCUT2D eigenvalue weighted by molar-refractivity contribution is -0.131. The number of rotatable bonds is 10. The minimum atomic E-state index is -0.902. The predicted molar refractivity (Wildman–Crippen MR) is 152 cm³/mol. The van der Waals surface area contributed by atoms with Crippen LogP contribution in [0.25, 0.3) is 10.9 Å². The molecule has 0 radical (unpaired) electrons. The summed E-state index contributed by atoms with van der Waals surface area (Å²) in [4.78, 5) is 43.0. The number of aromatic nitrogens is 1. The molecule has 1 N–H and O–H groups in total. The average molecular weight is 537 g/mol. The Labute approximate surface area is 230 Å². The first kappa shape index (κ1) is 29.7. The number of fused-ring (bicyclic) bond motifs is 1. The number of nitrogens with zero attached hydrogens (tertiary/aromatic N) is 3. The number of methoxy groups -OCH3 is 1. The molecule has 1 aromatic heterocycles. The van der Waals surface area contributed by atoms with Crippen LogP contribution in [0, 0.1) is 0 Å². The van der Waals surface area contributed by atoms with Crippen molar-refractivity contribution in [1.29, 1.82) is 0 Å². The van der Waals surface area contributed by atoms with Gasteiger partial charge in [-0.05, 0) is 70.6 Å². The molecule has 1 unspecified atom stereocenters. The number of nitrogens with one attached hydrogen (secondary N) is 1. The molecule has 1 heterocycles. The van der Waals surface area contributed by atoms with Gasteiger partial charge in [0.1, 0.15) is 23.9 Å². The van der Waals surface area contributed by atoms with Gasteiger partial charge in [0.15, 0.2) is 0 Å². The molecule has 39 heavy (non-hydrogen) atoms. The second-order valence-electron chi connectivity index (χ2n) is 10.9. The molecule has 0 saturated heterocycles. The van der Waals surface area contributed by atoms with Crippen molar-refractivity contribution >= 4 is 28.8 Å². The number of alkyl carbamates (subject to hydrolysis) is 1. The Hall–Kier alpha value is -3.85. The number of amides is 2. The Balaban J connectivity index is 1.83. The van der Waals surface area contributed by atoms with Gasteiger partial charge in [-0.25, -0.2) is 4.79 Å². The average Bonchev–Trinajstić information content (AvgIpc) is 3.24. The van der Waals surface area contributed by atoms with Crippen molar-refractivity contribution in [3.8, 4) is 5.75 Å². The van der Waals surface area contributed by atoms with Gasteiger partial charge in [0.25, 0.3) is 5.91 Å². The zero-order valence-corrected chi connectivity index (χ0v) is 24.0. The summed E-state index contributed by atoms with van der Waals surface area (Å²) < 4.78 is 12.4. The van der Waals surface area contributed by atoms with E-state index in [2.05, 4.69) is 10.2 Å². The first-order valence-electron chi connectivity index (χ1n) is 13.0. The number of hydrogen-bond acceptors (Lipinski definition) is 6. The maximum atomic E-state index is 13.5. The van der Waals surface area contributed by atoms with E-state index in [1.54, 1.807) is 39.5 Å². The van der Waals surface area contributed by atoms with E-state index in [-0.39, 0.29) is 24.8 Å². The van der Waals surface area contributed by atoms with E-state index in [4.69, 9.17) is 9.47 Å². The van der Waals surface area contributed by atoms with Gasteiger partial charge in [0.05, 0.1) is 12.6 Å². The lowest BCUT2D eigenvalue weighted by Gasteiger charge is -2.26. The van der Waals surface area contributed by atoms with E-state index in [1.807, 2.05) is 68.8 Å². The van der Waals surface area contributed by atoms with E-state index in [0.717, 1.165) is 35.0 Å². The molecule has 0 bridgehead atoms. The second kappa shape index (κ2) is 12.8. The van der Waals surface area contributed by atoms with Crippen LogP contribution in [0.2, 0.25) is 0 Å². The Kier molecular flexibility index (Phi) is 9.75. The minimum Gasteiger partial charge on any atom is -0.497 e. The van der Waals surface area contributed by atoms with Gasteiger partial charge in [-0.3, -0.25) is 14.2 Å². The zero-order valence-electron chi connectivity index (χ0n) is 24.0. The second-order valence-corrected chi connectivity index (χ2v) is 10.9. The van der Waals surface area contributed by atoms with Crippen LogP contribution in [-0.2, 0) is 22.4 Å². The number of carbonyl (C=O) groups is 3. The van der Waals surface area contributed by atoms with Gasteiger partial charge in [0.2, 0.25) is 5.91 Å². The molecule has 2 amide bonds. The molecule has 0 aliphatic heterocycles. The molecule has 0 spiro atoms. The quantitative estimate of drug-likeness (QED) is 0.421. The first-order valence-corrected chi connectivity index (χ1v) is 13.0. The summed E-state index contributed by atoms with van der Waals surface area (Å²) in [5, 5.41) is 3.64. The molecule has 0 aliphatic carbocycles.